The lowest BCUT2D eigenvalue weighted by atomic mass is 10.0. The number of aliphatic hydroxyl groups excluding tert-OH is 1. The van der Waals surface area contributed by atoms with Crippen molar-refractivity contribution in [1.82, 2.24) is 10.5 Å². The van der Waals surface area contributed by atoms with E-state index in [0.29, 0.717) is 19.4 Å². The largest absolute Gasteiger partial charge is 0.391 e. The third kappa shape index (κ3) is 4.67. The summed E-state index contributed by atoms with van der Waals surface area (Å²) in [5.74, 6) is 0.912. The van der Waals surface area contributed by atoms with Crippen LogP contribution in [0.3, 0.4) is 0 Å². The van der Waals surface area contributed by atoms with Gasteiger partial charge in [-0.2, -0.15) is 0 Å². The van der Waals surface area contributed by atoms with Gasteiger partial charge in [0, 0.05) is 18.5 Å². The molecule has 5 heteroatoms. The number of hydrogen-bond acceptors (Lipinski definition) is 4. The van der Waals surface area contributed by atoms with Crippen molar-refractivity contribution >= 4 is 5.91 Å². The summed E-state index contributed by atoms with van der Waals surface area (Å²) in [4.78, 5) is 11.7. The van der Waals surface area contributed by atoms with E-state index in [1.165, 1.54) is 0 Å². The summed E-state index contributed by atoms with van der Waals surface area (Å²) in [5, 5.41) is 16.4. The molecule has 19 heavy (non-hydrogen) atoms. The maximum absolute atomic E-state index is 11.7. The molecule has 0 aromatic carbocycles. The summed E-state index contributed by atoms with van der Waals surface area (Å²) < 4.78 is 5.05. The number of nitrogens with one attached hydrogen (secondary N) is 1. The molecule has 5 nitrogen and oxygen atoms in total. The van der Waals surface area contributed by atoms with Gasteiger partial charge in [-0.3, -0.25) is 4.79 Å². The molecule has 0 fully saturated rings. The zero-order valence-corrected chi connectivity index (χ0v) is 12.2. The Morgan fingerprint density at radius 3 is 2.68 bits per heavy atom. The molecule has 108 valence electrons. The highest BCUT2D eigenvalue weighted by molar-refractivity contribution is 5.76. The van der Waals surface area contributed by atoms with E-state index >= 15 is 0 Å². The topological polar surface area (TPSA) is 75.4 Å². The van der Waals surface area contributed by atoms with Gasteiger partial charge >= 0.3 is 0 Å². The molecule has 1 heterocycles. The Balaban J connectivity index is 2.33. The van der Waals surface area contributed by atoms with E-state index in [9.17, 15) is 9.90 Å². The smallest absolute Gasteiger partial charge is 0.220 e. The molecular weight excluding hydrogens is 244 g/mol. The first-order valence-corrected chi connectivity index (χ1v) is 6.82. The van der Waals surface area contributed by atoms with Gasteiger partial charge in [-0.1, -0.05) is 25.4 Å². The van der Waals surface area contributed by atoms with E-state index in [4.69, 9.17) is 4.52 Å². The molecule has 2 atom stereocenters. The fourth-order valence-electron chi connectivity index (χ4n) is 1.88. The molecule has 2 N–H and O–H groups in total. The van der Waals surface area contributed by atoms with E-state index in [0.717, 1.165) is 23.4 Å². The third-order valence-electron chi connectivity index (χ3n) is 3.59. The molecule has 0 bridgehead atoms. The Kier molecular flexibility index (Phi) is 6.02. The molecule has 0 spiro atoms. The Morgan fingerprint density at radius 1 is 1.47 bits per heavy atom. The Morgan fingerprint density at radius 2 is 2.16 bits per heavy atom. The molecule has 0 aliphatic heterocycles. The molecule has 0 radical (unpaired) electrons. The van der Waals surface area contributed by atoms with E-state index in [2.05, 4.69) is 10.5 Å². The van der Waals surface area contributed by atoms with Crippen molar-refractivity contribution in [3.05, 3.63) is 17.0 Å². The Bertz CT molecular complexity index is 395. The van der Waals surface area contributed by atoms with Crippen molar-refractivity contribution in [3.8, 4) is 0 Å². The van der Waals surface area contributed by atoms with E-state index in [1.54, 1.807) is 0 Å². The maximum atomic E-state index is 11.7. The van der Waals surface area contributed by atoms with Gasteiger partial charge in [0.1, 0.15) is 5.76 Å². The lowest BCUT2D eigenvalue weighted by Crippen LogP contribution is -2.35. The van der Waals surface area contributed by atoms with Gasteiger partial charge in [-0.25, -0.2) is 0 Å². The lowest BCUT2D eigenvalue weighted by Gasteiger charge is -2.17. The van der Waals surface area contributed by atoms with Crippen LogP contribution in [0.25, 0.3) is 0 Å². The molecule has 1 rings (SSSR count). The summed E-state index contributed by atoms with van der Waals surface area (Å²) in [6.07, 6.45) is 1.42. The van der Waals surface area contributed by atoms with Crippen LogP contribution in [-0.2, 0) is 11.2 Å². The fourth-order valence-corrected chi connectivity index (χ4v) is 1.88. The number of amides is 1. The van der Waals surface area contributed by atoms with Crippen molar-refractivity contribution in [2.75, 3.05) is 6.54 Å². The minimum Gasteiger partial charge on any atom is -0.391 e. The number of rotatable bonds is 7. The molecule has 1 amide bonds. The SMILES string of the molecule is CCC(C)C(O)CNC(=O)CCc1c(C)noc1C. The maximum Gasteiger partial charge on any atom is 0.220 e. The number of hydrogen-bond donors (Lipinski definition) is 2. The molecule has 0 aliphatic carbocycles. The van der Waals surface area contributed by atoms with Crippen molar-refractivity contribution in [3.63, 3.8) is 0 Å². The fraction of sp³-hybridized carbons (Fsp3) is 0.714. The summed E-state index contributed by atoms with van der Waals surface area (Å²) in [7, 11) is 0. The van der Waals surface area contributed by atoms with Gasteiger partial charge in [0.05, 0.1) is 11.8 Å². The van der Waals surface area contributed by atoms with Gasteiger partial charge in [0.15, 0.2) is 0 Å². The van der Waals surface area contributed by atoms with Crippen molar-refractivity contribution in [2.24, 2.45) is 5.92 Å². The number of aliphatic hydroxyl groups is 1. The van der Waals surface area contributed by atoms with Crippen LogP contribution in [0.15, 0.2) is 4.52 Å². The molecule has 2 unspecified atom stereocenters. The quantitative estimate of drug-likeness (QED) is 0.790. The summed E-state index contributed by atoms with van der Waals surface area (Å²) in [6, 6.07) is 0. The van der Waals surface area contributed by atoms with Crippen LogP contribution in [0.5, 0.6) is 0 Å². The Labute approximate surface area is 114 Å². The molecule has 0 saturated heterocycles. The van der Waals surface area contributed by atoms with E-state index in [1.807, 2.05) is 27.7 Å². The van der Waals surface area contributed by atoms with Crippen molar-refractivity contribution < 1.29 is 14.4 Å². The molecule has 0 saturated carbocycles. The van der Waals surface area contributed by atoms with Gasteiger partial charge < -0.3 is 14.9 Å². The van der Waals surface area contributed by atoms with Gasteiger partial charge in [0.2, 0.25) is 5.91 Å². The monoisotopic (exact) mass is 268 g/mol. The van der Waals surface area contributed by atoms with Crippen LogP contribution < -0.4 is 5.32 Å². The van der Waals surface area contributed by atoms with Crippen LogP contribution in [-0.4, -0.2) is 28.8 Å². The first kappa shape index (κ1) is 15.7. The normalized spacial score (nSPS) is 14.2. The highest BCUT2D eigenvalue weighted by Gasteiger charge is 2.14. The molecule has 1 aromatic rings. The van der Waals surface area contributed by atoms with E-state index < -0.39 is 6.10 Å². The van der Waals surface area contributed by atoms with Gasteiger partial charge in [-0.05, 0) is 26.2 Å². The highest BCUT2D eigenvalue weighted by Crippen LogP contribution is 2.14. The standard InChI is InChI=1S/C14H24N2O3/c1-5-9(2)13(17)8-15-14(18)7-6-12-10(3)16-19-11(12)4/h9,13,17H,5-8H2,1-4H3,(H,15,18). The second kappa shape index (κ2) is 7.28. The van der Waals surface area contributed by atoms with Crippen LogP contribution in [0.2, 0.25) is 0 Å². The van der Waals surface area contributed by atoms with Crippen molar-refractivity contribution in [2.45, 2.75) is 53.1 Å². The highest BCUT2D eigenvalue weighted by atomic mass is 16.5. The minimum atomic E-state index is -0.479. The lowest BCUT2D eigenvalue weighted by molar-refractivity contribution is -0.121. The van der Waals surface area contributed by atoms with Crippen LogP contribution in [0, 0.1) is 19.8 Å². The molecule has 0 aliphatic rings. The predicted molar refractivity (Wildman–Crippen MR) is 72.8 cm³/mol. The molecular formula is C14H24N2O3. The number of nitrogens with zero attached hydrogens (tertiary/aromatic N) is 1. The summed E-state index contributed by atoms with van der Waals surface area (Å²) in [6.45, 7) is 8.03. The van der Waals surface area contributed by atoms with Crippen molar-refractivity contribution in [1.29, 1.82) is 0 Å². The average Bonchev–Trinajstić information content (AvgIpc) is 2.72. The zero-order chi connectivity index (χ0) is 14.4. The first-order valence-electron chi connectivity index (χ1n) is 6.82. The van der Waals surface area contributed by atoms with Gasteiger partial charge in [-0.15, -0.1) is 0 Å². The second-order valence-corrected chi connectivity index (χ2v) is 5.06. The van der Waals surface area contributed by atoms with Gasteiger partial charge in [0.25, 0.3) is 0 Å². The minimum absolute atomic E-state index is 0.0534. The summed E-state index contributed by atoms with van der Waals surface area (Å²) >= 11 is 0. The average molecular weight is 268 g/mol. The number of aryl methyl sites for hydroxylation is 2. The number of carbonyl (C=O) groups is 1. The van der Waals surface area contributed by atoms with E-state index in [-0.39, 0.29) is 11.8 Å². The number of aromatic nitrogens is 1. The van der Waals surface area contributed by atoms with Crippen LogP contribution >= 0.6 is 0 Å². The zero-order valence-electron chi connectivity index (χ0n) is 12.2. The molecule has 1 aromatic heterocycles. The summed E-state index contributed by atoms with van der Waals surface area (Å²) in [5.41, 5.74) is 1.84. The number of carbonyl (C=O) groups excluding carboxylic acids is 1. The second-order valence-electron chi connectivity index (χ2n) is 5.06. The van der Waals surface area contributed by atoms with Crippen LogP contribution in [0.1, 0.15) is 43.7 Å². The Hall–Kier alpha value is -1.36. The first-order chi connectivity index (χ1) is 8.95. The predicted octanol–water partition coefficient (Wildman–Crippen LogP) is 1.75. The van der Waals surface area contributed by atoms with Crippen LogP contribution in [0.4, 0.5) is 0 Å². The third-order valence-corrected chi connectivity index (χ3v) is 3.59.